The molecular formula is C13H11FN2O. The van der Waals surface area contributed by atoms with Crippen molar-refractivity contribution in [2.75, 3.05) is 5.32 Å². The number of nitrogens with one attached hydrogen (secondary N) is 1. The molecule has 3 nitrogen and oxygen atoms in total. The summed E-state index contributed by atoms with van der Waals surface area (Å²) in [4.78, 5) is 15.5. The van der Waals surface area contributed by atoms with Gasteiger partial charge in [0.1, 0.15) is 11.6 Å². The van der Waals surface area contributed by atoms with Gasteiger partial charge in [-0.1, -0.05) is 0 Å². The summed E-state index contributed by atoms with van der Waals surface area (Å²) in [7, 11) is 0. The molecule has 0 spiro atoms. The molecule has 0 bridgehead atoms. The topological polar surface area (TPSA) is 42.0 Å². The average molecular weight is 230 g/mol. The molecule has 0 aliphatic heterocycles. The second-order valence-corrected chi connectivity index (χ2v) is 3.59. The molecule has 2 aromatic rings. The first kappa shape index (κ1) is 11.3. The molecule has 0 aliphatic carbocycles. The van der Waals surface area contributed by atoms with Crippen LogP contribution in [0.25, 0.3) is 0 Å². The molecule has 0 amide bonds. The summed E-state index contributed by atoms with van der Waals surface area (Å²) in [6, 6.07) is 9.27. The lowest BCUT2D eigenvalue weighted by Gasteiger charge is -2.08. The molecule has 0 unspecified atom stereocenters. The summed E-state index contributed by atoms with van der Waals surface area (Å²) in [5.74, 6) is 0.109. The molecule has 1 N–H and O–H groups in total. The molecule has 2 rings (SSSR count). The quantitative estimate of drug-likeness (QED) is 0.823. The molecule has 0 aliphatic rings. The monoisotopic (exact) mass is 230 g/mol. The zero-order valence-electron chi connectivity index (χ0n) is 9.27. The van der Waals surface area contributed by atoms with Gasteiger partial charge in [-0.2, -0.15) is 0 Å². The molecule has 1 aromatic heterocycles. The van der Waals surface area contributed by atoms with E-state index in [1.165, 1.54) is 19.1 Å². The van der Waals surface area contributed by atoms with E-state index in [2.05, 4.69) is 10.3 Å². The summed E-state index contributed by atoms with van der Waals surface area (Å²) in [5.41, 5.74) is 1.20. The lowest BCUT2D eigenvalue weighted by atomic mass is 10.2. The van der Waals surface area contributed by atoms with E-state index in [9.17, 15) is 9.18 Å². The molecule has 0 saturated heterocycles. The number of carbonyl (C=O) groups is 1. The molecular weight excluding hydrogens is 219 g/mol. The maximum atomic E-state index is 12.7. The van der Waals surface area contributed by atoms with Crippen molar-refractivity contribution in [3.05, 3.63) is 54.0 Å². The number of rotatable bonds is 3. The Kier molecular flexibility index (Phi) is 3.14. The van der Waals surface area contributed by atoms with Gasteiger partial charge in [-0.05, 0) is 43.3 Å². The van der Waals surface area contributed by atoms with Gasteiger partial charge in [0.05, 0.1) is 5.56 Å². The van der Waals surface area contributed by atoms with Crippen LogP contribution in [-0.2, 0) is 0 Å². The first-order chi connectivity index (χ1) is 8.16. The molecule has 0 fully saturated rings. The van der Waals surface area contributed by atoms with Crippen LogP contribution >= 0.6 is 0 Å². The van der Waals surface area contributed by atoms with Crippen LogP contribution in [0.4, 0.5) is 15.9 Å². The van der Waals surface area contributed by atoms with Crippen molar-refractivity contribution >= 4 is 17.3 Å². The van der Waals surface area contributed by atoms with Crippen LogP contribution in [0.2, 0.25) is 0 Å². The predicted octanol–water partition coefficient (Wildman–Crippen LogP) is 3.17. The van der Waals surface area contributed by atoms with Crippen LogP contribution < -0.4 is 5.32 Å². The number of anilines is 2. The van der Waals surface area contributed by atoms with Crippen LogP contribution in [0.15, 0.2) is 42.6 Å². The normalized spacial score (nSPS) is 10.0. The van der Waals surface area contributed by atoms with Crippen molar-refractivity contribution in [2.45, 2.75) is 6.92 Å². The van der Waals surface area contributed by atoms with Crippen LogP contribution in [0.3, 0.4) is 0 Å². The van der Waals surface area contributed by atoms with Crippen LogP contribution in [0, 0.1) is 5.82 Å². The summed E-state index contributed by atoms with van der Waals surface area (Å²) in [6.07, 6.45) is 1.60. The summed E-state index contributed by atoms with van der Waals surface area (Å²) < 4.78 is 12.7. The van der Waals surface area contributed by atoms with Crippen molar-refractivity contribution in [3.8, 4) is 0 Å². The smallest absolute Gasteiger partial charge is 0.163 e. The highest BCUT2D eigenvalue weighted by Crippen LogP contribution is 2.18. The number of ketones is 1. The van der Waals surface area contributed by atoms with E-state index in [0.29, 0.717) is 17.1 Å². The van der Waals surface area contributed by atoms with Gasteiger partial charge < -0.3 is 5.32 Å². The molecule has 1 heterocycles. The largest absolute Gasteiger partial charge is 0.340 e. The van der Waals surface area contributed by atoms with Crippen molar-refractivity contribution in [3.63, 3.8) is 0 Å². The Morgan fingerprint density at radius 2 is 1.94 bits per heavy atom. The van der Waals surface area contributed by atoms with Gasteiger partial charge in [0, 0.05) is 11.9 Å². The zero-order chi connectivity index (χ0) is 12.3. The number of benzene rings is 1. The zero-order valence-corrected chi connectivity index (χ0v) is 9.27. The first-order valence-corrected chi connectivity index (χ1v) is 5.15. The summed E-state index contributed by atoms with van der Waals surface area (Å²) >= 11 is 0. The second-order valence-electron chi connectivity index (χ2n) is 3.59. The number of aromatic nitrogens is 1. The first-order valence-electron chi connectivity index (χ1n) is 5.15. The van der Waals surface area contributed by atoms with E-state index in [1.54, 1.807) is 30.5 Å². The van der Waals surface area contributed by atoms with E-state index < -0.39 is 0 Å². The molecule has 0 saturated carbocycles. The SMILES string of the molecule is CC(=O)c1cccnc1Nc1ccc(F)cc1. The molecule has 4 heteroatoms. The lowest BCUT2D eigenvalue weighted by molar-refractivity contribution is 0.101. The van der Waals surface area contributed by atoms with Crippen molar-refractivity contribution in [1.29, 1.82) is 0 Å². The van der Waals surface area contributed by atoms with Crippen molar-refractivity contribution in [1.82, 2.24) is 4.98 Å². The standard InChI is InChI=1S/C13H11FN2O/c1-9(17)12-3-2-8-15-13(12)16-11-6-4-10(14)5-7-11/h2-8H,1H3,(H,15,16). The predicted molar refractivity (Wildman–Crippen MR) is 63.9 cm³/mol. The van der Waals surface area contributed by atoms with Crippen molar-refractivity contribution < 1.29 is 9.18 Å². The van der Waals surface area contributed by atoms with E-state index in [-0.39, 0.29) is 11.6 Å². The number of carbonyl (C=O) groups excluding carboxylic acids is 1. The van der Waals surface area contributed by atoms with Gasteiger partial charge >= 0.3 is 0 Å². The Bertz CT molecular complexity index is 537. The van der Waals surface area contributed by atoms with Gasteiger partial charge in [0.15, 0.2) is 5.78 Å². The molecule has 0 radical (unpaired) electrons. The Labute approximate surface area is 98.3 Å². The third-order valence-electron chi connectivity index (χ3n) is 2.29. The lowest BCUT2D eigenvalue weighted by Crippen LogP contribution is -2.02. The fourth-order valence-electron chi connectivity index (χ4n) is 1.46. The molecule has 86 valence electrons. The second kappa shape index (κ2) is 4.74. The number of halogens is 1. The highest BCUT2D eigenvalue weighted by Gasteiger charge is 2.07. The maximum absolute atomic E-state index is 12.7. The van der Waals surface area contributed by atoms with E-state index in [1.807, 2.05) is 0 Å². The van der Waals surface area contributed by atoms with E-state index in [0.717, 1.165) is 0 Å². The minimum atomic E-state index is -0.302. The van der Waals surface area contributed by atoms with Gasteiger partial charge in [0.2, 0.25) is 0 Å². The Balaban J connectivity index is 2.30. The fourth-order valence-corrected chi connectivity index (χ4v) is 1.46. The molecule has 0 atom stereocenters. The molecule has 17 heavy (non-hydrogen) atoms. The van der Waals surface area contributed by atoms with Crippen LogP contribution in [0.1, 0.15) is 17.3 Å². The van der Waals surface area contributed by atoms with E-state index in [4.69, 9.17) is 0 Å². The van der Waals surface area contributed by atoms with Gasteiger partial charge in [-0.25, -0.2) is 9.37 Å². The van der Waals surface area contributed by atoms with Crippen LogP contribution in [0.5, 0.6) is 0 Å². The Hall–Kier alpha value is -2.23. The third-order valence-corrected chi connectivity index (χ3v) is 2.29. The number of hydrogen-bond acceptors (Lipinski definition) is 3. The van der Waals surface area contributed by atoms with Crippen LogP contribution in [-0.4, -0.2) is 10.8 Å². The highest BCUT2D eigenvalue weighted by atomic mass is 19.1. The number of nitrogens with zero attached hydrogens (tertiary/aromatic N) is 1. The summed E-state index contributed by atoms with van der Waals surface area (Å²) in [6.45, 7) is 1.48. The highest BCUT2D eigenvalue weighted by molar-refractivity contribution is 5.99. The van der Waals surface area contributed by atoms with E-state index >= 15 is 0 Å². The van der Waals surface area contributed by atoms with Crippen molar-refractivity contribution in [2.24, 2.45) is 0 Å². The maximum Gasteiger partial charge on any atom is 0.163 e. The Morgan fingerprint density at radius 3 is 2.59 bits per heavy atom. The molecule has 1 aromatic carbocycles. The fraction of sp³-hybridized carbons (Fsp3) is 0.0769. The minimum Gasteiger partial charge on any atom is -0.340 e. The third kappa shape index (κ3) is 2.66. The van der Waals surface area contributed by atoms with Gasteiger partial charge in [-0.3, -0.25) is 4.79 Å². The Morgan fingerprint density at radius 1 is 1.24 bits per heavy atom. The number of Topliss-reactive ketones (excluding diaryl/α,β-unsaturated/α-hetero) is 1. The minimum absolute atomic E-state index is 0.0669. The number of hydrogen-bond donors (Lipinski definition) is 1. The summed E-state index contributed by atoms with van der Waals surface area (Å²) in [5, 5.41) is 2.98. The average Bonchev–Trinajstić information content (AvgIpc) is 2.32. The van der Waals surface area contributed by atoms with Gasteiger partial charge in [0.25, 0.3) is 0 Å². The number of pyridine rings is 1. The van der Waals surface area contributed by atoms with Gasteiger partial charge in [-0.15, -0.1) is 0 Å².